The number of carbonyl (C=O) groups is 1. The van der Waals surface area contributed by atoms with Gasteiger partial charge in [-0.1, -0.05) is 19.1 Å². The molecule has 0 aromatic heterocycles. The van der Waals surface area contributed by atoms with Crippen LogP contribution in [0.4, 0.5) is 0 Å². The van der Waals surface area contributed by atoms with Gasteiger partial charge in [-0.3, -0.25) is 4.79 Å². The molecule has 0 aliphatic carbocycles. The maximum Gasteiger partial charge on any atom is 0.306 e. The third kappa shape index (κ3) is 2.60. The number of carboxylic acids is 1. The molecule has 1 aromatic rings. The lowest BCUT2D eigenvalue weighted by Crippen LogP contribution is -2.12. The molecular formula is C11H11NO2. The summed E-state index contributed by atoms with van der Waals surface area (Å²) in [7, 11) is 0. The normalized spacial score (nSPS) is 11.7. The second kappa shape index (κ2) is 4.43. The lowest BCUT2D eigenvalue weighted by Gasteiger charge is -2.05. The first-order valence-electron chi connectivity index (χ1n) is 4.35. The van der Waals surface area contributed by atoms with E-state index >= 15 is 0 Å². The Kier molecular flexibility index (Phi) is 3.24. The van der Waals surface area contributed by atoms with Gasteiger partial charge in [-0.15, -0.1) is 0 Å². The number of rotatable bonds is 3. The number of aliphatic carboxylic acids is 1. The summed E-state index contributed by atoms with van der Waals surface area (Å²) in [6, 6.07) is 9.05. The van der Waals surface area contributed by atoms with Crippen LogP contribution in [0.1, 0.15) is 18.1 Å². The molecule has 1 rings (SSSR count). The van der Waals surface area contributed by atoms with Crippen LogP contribution in [0.5, 0.6) is 0 Å². The molecule has 0 radical (unpaired) electrons. The topological polar surface area (TPSA) is 61.1 Å². The predicted molar refractivity (Wildman–Crippen MR) is 51.7 cm³/mol. The van der Waals surface area contributed by atoms with Crippen LogP contribution < -0.4 is 0 Å². The zero-order chi connectivity index (χ0) is 10.6. The average molecular weight is 189 g/mol. The van der Waals surface area contributed by atoms with Crippen molar-refractivity contribution in [2.24, 2.45) is 5.92 Å². The van der Waals surface area contributed by atoms with Crippen molar-refractivity contribution in [3.8, 4) is 6.07 Å². The minimum Gasteiger partial charge on any atom is -0.481 e. The molecule has 1 N–H and O–H groups in total. The summed E-state index contributed by atoms with van der Waals surface area (Å²) in [5, 5.41) is 17.3. The zero-order valence-corrected chi connectivity index (χ0v) is 7.90. The lowest BCUT2D eigenvalue weighted by molar-refractivity contribution is -0.141. The number of nitrogens with zero attached hydrogens (tertiary/aromatic N) is 1. The third-order valence-electron chi connectivity index (χ3n) is 2.02. The monoisotopic (exact) mass is 189 g/mol. The van der Waals surface area contributed by atoms with Gasteiger partial charge in [-0.2, -0.15) is 5.26 Å². The van der Waals surface area contributed by atoms with E-state index in [1.807, 2.05) is 12.1 Å². The van der Waals surface area contributed by atoms with Gasteiger partial charge in [0.25, 0.3) is 0 Å². The Labute approximate surface area is 82.6 Å². The molecule has 0 fully saturated rings. The van der Waals surface area contributed by atoms with Crippen molar-refractivity contribution < 1.29 is 9.90 Å². The quantitative estimate of drug-likeness (QED) is 0.788. The summed E-state index contributed by atoms with van der Waals surface area (Å²) in [5.74, 6) is -1.23. The van der Waals surface area contributed by atoms with Crippen molar-refractivity contribution in [1.82, 2.24) is 0 Å². The Hall–Kier alpha value is -1.82. The van der Waals surface area contributed by atoms with Crippen LogP contribution in [-0.2, 0) is 11.2 Å². The van der Waals surface area contributed by atoms with Crippen molar-refractivity contribution in [2.45, 2.75) is 13.3 Å². The fraction of sp³-hybridized carbons (Fsp3) is 0.273. The van der Waals surface area contributed by atoms with Gasteiger partial charge in [-0.25, -0.2) is 0 Å². The van der Waals surface area contributed by atoms with Crippen LogP contribution >= 0.6 is 0 Å². The molecular weight excluding hydrogens is 178 g/mol. The van der Waals surface area contributed by atoms with E-state index in [-0.39, 0.29) is 0 Å². The molecule has 0 spiro atoms. The highest BCUT2D eigenvalue weighted by Crippen LogP contribution is 2.10. The Morgan fingerprint density at radius 3 is 2.93 bits per heavy atom. The Morgan fingerprint density at radius 2 is 2.36 bits per heavy atom. The first-order valence-corrected chi connectivity index (χ1v) is 4.35. The van der Waals surface area contributed by atoms with Gasteiger partial charge >= 0.3 is 5.97 Å². The average Bonchev–Trinajstić information content (AvgIpc) is 2.18. The van der Waals surface area contributed by atoms with Gasteiger partial charge < -0.3 is 5.11 Å². The van der Waals surface area contributed by atoms with Crippen molar-refractivity contribution in [3.05, 3.63) is 35.4 Å². The minimum atomic E-state index is -0.813. The zero-order valence-electron chi connectivity index (χ0n) is 7.90. The van der Waals surface area contributed by atoms with Crippen LogP contribution in [-0.4, -0.2) is 11.1 Å². The smallest absolute Gasteiger partial charge is 0.306 e. The molecule has 14 heavy (non-hydrogen) atoms. The molecule has 0 aliphatic rings. The first-order chi connectivity index (χ1) is 6.63. The number of nitriles is 1. The summed E-state index contributed by atoms with van der Waals surface area (Å²) in [5.41, 5.74) is 1.46. The van der Waals surface area contributed by atoms with Gasteiger partial charge in [0.1, 0.15) is 0 Å². The summed E-state index contributed by atoms with van der Waals surface area (Å²) in [6.45, 7) is 1.65. The number of hydrogen-bond donors (Lipinski definition) is 1. The Morgan fingerprint density at radius 1 is 1.64 bits per heavy atom. The molecule has 0 bridgehead atoms. The van der Waals surface area contributed by atoms with E-state index in [9.17, 15) is 4.79 Å². The highest BCUT2D eigenvalue weighted by molar-refractivity contribution is 5.69. The van der Waals surface area contributed by atoms with Crippen LogP contribution in [0.25, 0.3) is 0 Å². The summed E-state index contributed by atoms with van der Waals surface area (Å²) in [4.78, 5) is 10.6. The molecule has 3 heteroatoms. The molecule has 1 aromatic carbocycles. The third-order valence-corrected chi connectivity index (χ3v) is 2.02. The summed E-state index contributed by atoms with van der Waals surface area (Å²) >= 11 is 0. The Balaban J connectivity index is 2.78. The van der Waals surface area contributed by atoms with E-state index in [4.69, 9.17) is 10.4 Å². The predicted octanol–water partition coefficient (Wildman–Crippen LogP) is 1.82. The molecule has 0 saturated carbocycles. The minimum absolute atomic E-state index is 0.413. The van der Waals surface area contributed by atoms with Crippen LogP contribution in [0.15, 0.2) is 24.3 Å². The maximum atomic E-state index is 10.6. The van der Waals surface area contributed by atoms with E-state index in [1.165, 1.54) is 0 Å². The number of hydrogen-bond acceptors (Lipinski definition) is 2. The SMILES string of the molecule is C[C@H](Cc1cccc(C#N)c1)C(=O)O. The van der Waals surface area contributed by atoms with Gasteiger partial charge in [-0.05, 0) is 24.1 Å². The molecule has 0 aliphatic heterocycles. The standard InChI is InChI=1S/C11H11NO2/c1-8(11(13)14)5-9-3-2-4-10(6-9)7-12/h2-4,6,8H,5H2,1H3,(H,13,14)/t8-/m1/s1. The molecule has 0 amide bonds. The molecule has 0 saturated heterocycles. The van der Waals surface area contributed by atoms with Crippen molar-refractivity contribution in [2.75, 3.05) is 0 Å². The molecule has 1 atom stereocenters. The van der Waals surface area contributed by atoms with Gasteiger partial charge in [0.15, 0.2) is 0 Å². The van der Waals surface area contributed by atoms with E-state index in [0.717, 1.165) is 5.56 Å². The first kappa shape index (κ1) is 10.3. The van der Waals surface area contributed by atoms with E-state index in [1.54, 1.807) is 25.1 Å². The van der Waals surface area contributed by atoms with Crippen LogP contribution in [0, 0.1) is 17.2 Å². The summed E-state index contributed by atoms with van der Waals surface area (Å²) in [6.07, 6.45) is 0.463. The van der Waals surface area contributed by atoms with Crippen LogP contribution in [0.3, 0.4) is 0 Å². The summed E-state index contributed by atoms with van der Waals surface area (Å²) < 4.78 is 0. The largest absolute Gasteiger partial charge is 0.481 e. The molecule has 72 valence electrons. The van der Waals surface area contributed by atoms with Crippen LogP contribution in [0.2, 0.25) is 0 Å². The van der Waals surface area contributed by atoms with Crippen molar-refractivity contribution in [1.29, 1.82) is 5.26 Å². The Bertz CT molecular complexity index is 379. The van der Waals surface area contributed by atoms with Crippen molar-refractivity contribution >= 4 is 5.97 Å². The van der Waals surface area contributed by atoms with E-state index in [0.29, 0.717) is 12.0 Å². The van der Waals surface area contributed by atoms with Gasteiger partial charge in [0, 0.05) is 0 Å². The van der Waals surface area contributed by atoms with Gasteiger partial charge in [0.05, 0.1) is 17.6 Å². The number of carboxylic acid groups (broad SMARTS) is 1. The number of benzene rings is 1. The van der Waals surface area contributed by atoms with Gasteiger partial charge in [0.2, 0.25) is 0 Å². The fourth-order valence-electron chi connectivity index (χ4n) is 1.21. The highest BCUT2D eigenvalue weighted by Gasteiger charge is 2.11. The molecule has 0 unspecified atom stereocenters. The lowest BCUT2D eigenvalue weighted by atomic mass is 10.00. The maximum absolute atomic E-state index is 10.6. The molecule has 3 nitrogen and oxygen atoms in total. The van der Waals surface area contributed by atoms with E-state index in [2.05, 4.69) is 0 Å². The second-order valence-corrected chi connectivity index (χ2v) is 3.26. The van der Waals surface area contributed by atoms with Crippen molar-refractivity contribution in [3.63, 3.8) is 0 Å². The highest BCUT2D eigenvalue weighted by atomic mass is 16.4. The van der Waals surface area contributed by atoms with E-state index < -0.39 is 11.9 Å². The molecule has 0 heterocycles. The second-order valence-electron chi connectivity index (χ2n) is 3.26. The fourth-order valence-corrected chi connectivity index (χ4v) is 1.21.